The van der Waals surface area contributed by atoms with Crippen molar-refractivity contribution in [2.24, 2.45) is 0 Å². The van der Waals surface area contributed by atoms with Crippen LogP contribution in [0.3, 0.4) is 0 Å². The molecule has 2 aromatic carbocycles. The monoisotopic (exact) mass is 500 g/mol. The molecule has 8 nitrogen and oxygen atoms in total. The molecular weight excluding hydrogens is 473 g/mol. The molecule has 4 aromatic rings. The van der Waals surface area contributed by atoms with Gasteiger partial charge in [0.05, 0.1) is 23.2 Å². The SMILES string of the molecule is COCCc1nc2c(N)nc3ccccc3c2n1CCCCNC(=O)Nc1ccc(C(F)(F)F)cc1. The number of imidazole rings is 1. The van der Waals surface area contributed by atoms with Gasteiger partial charge in [-0.15, -0.1) is 0 Å². The number of nitrogens with one attached hydrogen (secondary N) is 2. The zero-order valence-corrected chi connectivity index (χ0v) is 19.7. The van der Waals surface area contributed by atoms with Gasteiger partial charge in [0.2, 0.25) is 0 Å². The molecule has 2 aromatic heterocycles. The van der Waals surface area contributed by atoms with E-state index in [0.29, 0.717) is 43.9 Å². The number of hydrogen-bond acceptors (Lipinski definition) is 5. The van der Waals surface area contributed by atoms with Gasteiger partial charge >= 0.3 is 12.2 Å². The second-order valence-electron chi connectivity index (χ2n) is 8.30. The van der Waals surface area contributed by atoms with Crippen LogP contribution in [0, 0.1) is 0 Å². The van der Waals surface area contributed by atoms with E-state index in [-0.39, 0.29) is 5.69 Å². The van der Waals surface area contributed by atoms with Crippen molar-refractivity contribution in [3.05, 3.63) is 59.9 Å². The van der Waals surface area contributed by atoms with Gasteiger partial charge in [-0.1, -0.05) is 18.2 Å². The molecule has 0 radical (unpaired) electrons. The molecule has 2 heterocycles. The maximum Gasteiger partial charge on any atom is 0.416 e. The zero-order chi connectivity index (χ0) is 25.7. The van der Waals surface area contributed by atoms with Crippen molar-refractivity contribution in [3.8, 4) is 0 Å². The summed E-state index contributed by atoms with van der Waals surface area (Å²) in [5, 5.41) is 6.24. The summed E-state index contributed by atoms with van der Waals surface area (Å²) < 4.78 is 45.4. The van der Waals surface area contributed by atoms with Crippen LogP contribution in [0.4, 0.5) is 29.5 Å². The van der Waals surface area contributed by atoms with Crippen LogP contribution in [-0.4, -0.2) is 40.8 Å². The molecule has 0 aliphatic carbocycles. The van der Waals surface area contributed by atoms with Crippen molar-refractivity contribution in [2.75, 3.05) is 31.3 Å². The minimum absolute atomic E-state index is 0.284. The van der Waals surface area contributed by atoms with Gasteiger partial charge in [0.25, 0.3) is 0 Å². The lowest BCUT2D eigenvalue weighted by molar-refractivity contribution is -0.137. The molecule has 0 unspecified atom stereocenters. The third-order valence-electron chi connectivity index (χ3n) is 5.78. The van der Waals surface area contributed by atoms with Gasteiger partial charge in [-0.2, -0.15) is 13.2 Å². The summed E-state index contributed by atoms with van der Waals surface area (Å²) >= 11 is 0. The Morgan fingerprint density at radius 2 is 1.83 bits per heavy atom. The van der Waals surface area contributed by atoms with Crippen molar-refractivity contribution in [3.63, 3.8) is 0 Å². The average Bonchev–Trinajstić information content (AvgIpc) is 3.21. The molecule has 0 saturated carbocycles. The molecule has 4 rings (SSSR count). The van der Waals surface area contributed by atoms with Gasteiger partial charge in [0.15, 0.2) is 5.82 Å². The number of benzene rings is 2. The summed E-state index contributed by atoms with van der Waals surface area (Å²) in [7, 11) is 1.64. The van der Waals surface area contributed by atoms with Crippen LogP contribution >= 0.6 is 0 Å². The smallest absolute Gasteiger partial charge is 0.384 e. The number of aryl methyl sites for hydroxylation is 1. The summed E-state index contributed by atoms with van der Waals surface area (Å²) in [6.07, 6.45) is -2.36. The number of para-hydroxylation sites is 1. The highest BCUT2D eigenvalue weighted by Crippen LogP contribution is 2.30. The van der Waals surface area contributed by atoms with E-state index in [1.807, 2.05) is 24.3 Å². The predicted octanol–water partition coefficient (Wildman–Crippen LogP) is 4.98. The Morgan fingerprint density at radius 3 is 2.56 bits per heavy atom. The number of halogens is 3. The van der Waals surface area contributed by atoms with Crippen LogP contribution < -0.4 is 16.4 Å². The molecule has 11 heteroatoms. The maximum absolute atomic E-state index is 12.7. The van der Waals surface area contributed by atoms with Gasteiger partial charge in [-0.05, 0) is 43.2 Å². The van der Waals surface area contributed by atoms with Crippen LogP contribution in [0.1, 0.15) is 24.2 Å². The number of anilines is 2. The first-order chi connectivity index (χ1) is 17.3. The summed E-state index contributed by atoms with van der Waals surface area (Å²) in [6.45, 7) is 1.57. The minimum Gasteiger partial charge on any atom is -0.384 e. The number of rotatable bonds is 9. The second-order valence-corrected chi connectivity index (χ2v) is 8.30. The number of carbonyl (C=O) groups excluding carboxylic acids is 1. The average molecular weight is 501 g/mol. The van der Waals surface area contributed by atoms with E-state index in [1.54, 1.807) is 7.11 Å². The van der Waals surface area contributed by atoms with E-state index in [1.165, 1.54) is 12.1 Å². The van der Waals surface area contributed by atoms with Crippen molar-refractivity contribution >= 4 is 39.5 Å². The Morgan fingerprint density at radius 1 is 1.08 bits per heavy atom. The van der Waals surface area contributed by atoms with Crippen LogP contribution in [-0.2, 0) is 23.9 Å². The van der Waals surface area contributed by atoms with Crippen molar-refractivity contribution in [2.45, 2.75) is 32.0 Å². The fourth-order valence-corrected chi connectivity index (χ4v) is 4.04. The van der Waals surface area contributed by atoms with Crippen LogP contribution in [0.15, 0.2) is 48.5 Å². The van der Waals surface area contributed by atoms with E-state index in [0.717, 1.165) is 40.8 Å². The lowest BCUT2D eigenvalue weighted by Gasteiger charge is -2.12. The van der Waals surface area contributed by atoms with E-state index in [2.05, 4.69) is 20.2 Å². The Balaban J connectivity index is 1.38. The number of urea groups is 1. The van der Waals surface area contributed by atoms with Gasteiger partial charge in [0.1, 0.15) is 11.3 Å². The number of amides is 2. The number of alkyl halides is 3. The standard InChI is InChI=1S/C25H27F3N6O2/c1-36-15-12-20-33-21-22(18-6-2-3-7-19(18)32-23(21)29)34(20)14-5-4-13-30-24(35)31-17-10-8-16(9-11-17)25(26,27)28/h2-3,6-11H,4-5,12-15H2,1H3,(H2,29,32)(H2,30,31,35). The van der Waals surface area contributed by atoms with Gasteiger partial charge < -0.3 is 25.7 Å². The highest BCUT2D eigenvalue weighted by atomic mass is 19.4. The third-order valence-corrected chi connectivity index (χ3v) is 5.78. The zero-order valence-electron chi connectivity index (χ0n) is 19.7. The fourth-order valence-electron chi connectivity index (χ4n) is 4.04. The van der Waals surface area contributed by atoms with E-state index in [9.17, 15) is 18.0 Å². The lowest BCUT2D eigenvalue weighted by atomic mass is 10.2. The second kappa shape index (κ2) is 10.8. The minimum atomic E-state index is -4.42. The van der Waals surface area contributed by atoms with Gasteiger partial charge in [-0.3, -0.25) is 0 Å². The summed E-state index contributed by atoms with van der Waals surface area (Å²) in [5.41, 5.74) is 8.11. The highest BCUT2D eigenvalue weighted by Gasteiger charge is 2.30. The first-order valence-electron chi connectivity index (χ1n) is 11.5. The largest absolute Gasteiger partial charge is 0.416 e. The molecular formula is C25H27F3N6O2. The normalized spacial score (nSPS) is 11.8. The first-order valence-corrected chi connectivity index (χ1v) is 11.5. The molecule has 2 amide bonds. The summed E-state index contributed by atoms with van der Waals surface area (Å²) in [5.74, 6) is 1.23. The Hall–Kier alpha value is -3.86. The number of nitrogens with two attached hydrogens (primary N) is 1. The molecule has 4 N–H and O–H groups in total. The molecule has 0 fully saturated rings. The third kappa shape index (κ3) is 5.68. The molecule has 0 saturated heterocycles. The van der Waals surface area contributed by atoms with Crippen LogP contribution in [0.25, 0.3) is 21.9 Å². The summed E-state index contributed by atoms with van der Waals surface area (Å²) in [6, 6.07) is 11.6. The molecule has 0 atom stereocenters. The molecule has 190 valence electrons. The number of hydrogen-bond donors (Lipinski definition) is 3. The van der Waals surface area contributed by atoms with Crippen molar-refractivity contribution < 1.29 is 22.7 Å². The van der Waals surface area contributed by atoms with Crippen LogP contribution in [0.2, 0.25) is 0 Å². The number of fused-ring (bicyclic) bond motifs is 3. The van der Waals surface area contributed by atoms with E-state index in [4.69, 9.17) is 15.5 Å². The number of methoxy groups -OCH3 is 1. The van der Waals surface area contributed by atoms with Crippen molar-refractivity contribution in [1.29, 1.82) is 0 Å². The van der Waals surface area contributed by atoms with Crippen molar-refractivity contribution in [1.82, 2.24) is 19.9 Å². The molecule has 0 bridgehead atoms. The predicted molar refractivity (Wildman–Crippen MR) is 133 cm³/mol. The Labute approximate surface area is 205 Å². The maximum atomic E-state index is 12.7. The number of nitrogen functional groups attached to an aromatic ring is 1. The van der Waals surface area contributed by atoms with E-state index >= 15 is 0 Å². The topological polar surface area (TPSA) is 107 Å². The molecule has 0 spiro atoms. The highest BCUT2D eigenvalue weighted by molar-refractivity contribution is 6.06. The number of unbranched alkanes of at least 4 members (excludes halogenated alkanes) is 1. The number of nitrogens with zero attached hydrogens (tertiary/aromatic N) is 3. The Bertz CT molecular complexity index is 1350. The first kappa shape index (κ1) is 25.2. The molecule has 0 aliphatic rings. The van der Waals surface area contributed by atoms with Crippen LogP contribution in [0.5, 0.6) is 0 Å². The number of ether oxygens (including phenoxy) is 1. The fraction of sp³-hybridized carbons (Fsp3) is 0.320. The number of pyridine rings is 1. The molecule has 36 heavy (non-hydrogen) atoms. The Kier molecular flexibility index (Phi) is 7.58. The number of aromatic nitrogens is 3. The number of carbonyl (C=O) groups is 1. The van der Waals surface area contributed by atoms with Gasteiger partial charge in [-0.25, -0.2) is 14.8 Å². The lowest BCUT2D eigenvalue weighted by Crippen LogP contribution is -2.29. The van der Waals surface area contributed by atoms with Gasteiger partial charge in [0, 0.05) is 37.7 Å². The van der Waals surface area contributed by atoms with E-state index < -0.39 is 17.8 Å². The molecule has 0 aliphatic heterocycles. The summed E-state index contributed by atoms with van der Waals surface area (Å²) in [4.78, 5) is 21.3. The quantitative estimate of drug-likeness (QED) is 0.281.